The van der Waals surface area contributed by atoms with Crippen molar-refractivity contribution >= 4 is 22.0 Å². The molecular formula is C45H33Br. The van der Waals surface area contributed by atoms with Crippen LogP contribution in [0.3, 0.4) is 0 Å². The second-order valence-corrected chi connectivity index (χ2v) is 15.1. The van der Waals surface area contributed by atoms with Crippen molar-refractivity contribution in [1.29, 1.82) is 0 Å². The highest BCUT2D eigenvalue weighted by atomic mass is 79.9. The topological polar surface area (TPSA) is 0 Å². The molecule has 0 fully saturated rings. The standard InChI is InChI=1S/C45H33Br/c1-26-10-8-14-35-29(26)22-23-36-42-30(27-18-20-33-34-21-19-28(46)25-41(34)44(2,3)40(33)24-27)13-9-17-39(42)45(43(35)36)37-15-6-4-11-31(37)32-12-5-7-16-38(32)45/h4-9,11-26H,10H2,1-3H3. The van der Waals surface area contributed by atoms with Crippen molar-refractivity contribution < 1.29 is 0 Å². The number of benzene rings is 6. The SMILES string of the molecule is CC1CC=Cc2c1ccc1c2C2(c3ccccc3-c3ccccc32)c2cccc(-c3ccc4c(c3)C(C)(C)c3cc(Br)ccc3-4)c2-1. The molecule has 6 aromatic rings. The molecule has 46 heavy (non-hydrogen) atoms. The number of hydrogen-bond acceptors (Lipinski definition) is 0. The minimum Gasteiger partial charge on any atom is -0.0833 e. The van der Waals surface area contributed by atoms with Crippen LogP contribution in [-0.4, -0.2) is 0 Å². The number of halogens is 1. The number of rotatable bonds is 1. The Balaban J connectivity index is 1.30. The van der Waals surface area contributed by atoms with Crippen LogP contribution in [-0.2, 0) is 10.8 Å². The van der Waals surface area contributed by atoms with Crippen LogP contribution in [0.2, 0.25) is 0 Å². The van der Waals surface area contributed by atoms with E-state index in [1.165, 1.54) is 89.0 Å². The largest absolute Gasteiger partial charge is 0.0833 e. The molecule has 0 aromatic heterocycles. The van der Waals surface area contributed by atoms with E-state index < -0.39 is 0 Å². The van der Waals surface area contributed by atoms with Crippen molar-refractivity contribution in [2.75, 3.05) is 0 Å². The molecule has 0 saturated heterocycles. The lowest BCUT2D eigenvalue weighted by Gasteiger charge is -2.33. The van der Waals surface area contributed by atoms with Gasteiger partial charge in [-0.25, -0.2) is 0 Å². The number of fused-ring (bicyclic) bond motifs is 15. The van der Waals surface area contributed by atoms with Gasteiger partial charge in [-0.2, -0.15) is 0 Å². The monoisotopic (exact) mass is 652 g/mol. The summed E-state index contributed by atoms with van der Waals surface area (Å²) in [7, 11) is 0. The predicted octanol–water partition coefficient (Wildman–Crippen LogP) is 12.3. The normalized spacial score (nSPS) is 18.0. The molecule has 0 saturated carbocycles. The predicted molar refractivity (Wildman–Crippen MR) is 196 cm³/mol. The first-order valence-electron chi connectivity index (χ1n) is 16.5. The van der Waals surface area contributed by atoms with Gasteiger partial charge in [0.15, 0.2) is 0 Å². The van der Waals surface area contributed by atoms with Crippen LogP contribution < -0.4 is 0 Å². The highest BCUT2D eigenvalue weighted by Crippen LogP contribution is 2.65. The Morgan fingerprint density at radius 3 is 1.96 bits per heavy atom. The van der Waals surface area contributed by atoms with E-state index in [4.69, 9.17) is 0 Å². The lowest BCUT2D eigenvalue weighted by molar-refractivity contribution is 0.660. The van der Waals surface area contributed by atoms with Crippen molar-refractivity contribution in [2.24, 2.45) is 0 Å². The van der Waals surface area contributed by atoms with Gasteiger partial charge in [0.2, 0.25) is 0 Å². The molecule has 4 aliphatic carbocycles. The first-order valence-corrected chi connectivity index (χ1v) is 17.3. The first-order chi connectivity index (χ1) is 22.4. The van der Waals surface area contributed by atoms with Gasteiger partial charge < -0.3 is 0 Å². The van der Waals surface area contributed by atoms with Crippen molar-refractivity contribution in [3.8, 4) is 44.5 Å². The second-order valence-electron chi connectivity index (χ2n) is 14.2. The fraction of sp³-hybridized carbons (Fsp3) is 0.156. The molecule has 0 N–H and O–H groups in total. The van der Waals surface area contributed by atoms with E-state index in [-0.39, 0.29) is 10.8 Å². The minimum absolute atomic E-state index is 0.0785. The third kappa shape index (κ3) is 3.15. The number of hydrogen-bond donors (Lipinski definition) is 0. The lowest BCUT2D eigenvalue weighted by Crippen LogP contribution is -2.27. The Morgan fingerprint density at radius 1 is 0.587 bits per heavy atom. The first kappa shape index (κ1) is 26.7. The lowest BCUT2D eigenvalue weighted by atomic mass is 9.67. The van der Waals surface area contributed by atoms with Crippen LogP contribution in [0.1, 0.15) is 77.6 Å². The van der Waals surface area contributed by atoms with Crippen LogP contribution in [0.5, 0.6) is 0 Å². The average Bonchev–Trinajstić information content (AvgIpc) is 3.64. The average molecular weight is 654 g/mol. The molecule has 0 nitrogen and oxygen atoms in total. The summed E-state index contributed by atoms with van der Waals surface area (Å²) in [5.74, 6) is 0.498. The Morgan fingerprint density at radius 2 is 1.20 bits per heavy atom. The van der Waals surface area contributed by atoms with E-state index in [9.17, 15) is 0 Å². The maximum Gasteiger partial charge on any atom is 0.0731 e. The van der Waals surface area contributed by atoms with E-state index in [0.717, 1.165) is 10.9 Å². The molecule has 0 amide bonds. The highest BCUT2D eigenvalue weighted by Gasteiger charge is 2.53. The maximum absolute atomic E-state index is 3.74. The van der Waals surface area contributed by atoms with Gasteiger partial charge in [0, 0.05) is 9.89 Å². The molecule has 0 heterocycles. The van der Waals surface area contributed by atoms with Crippen LogP contribution in [0.15, 0.2) is 126 Å². The fourth-order valence-electron chi connectivity index (χ4n) is 9.58. The molecule has 1 unspecified atom stereocenters. The van der Waals surface area contributed by atoms with Gasteiger partial charge >= 0.3 is 0 Å². The van der Waals surface area contributed by atoms with Gasteiger partial charge in [-0.15, -0.1) is 0 Å². The Bertz CT molecular complexity index is 2300. The zero-order chi connectivity index (χ0) is 30.9. The third-order valence-corrected chi connectivity index (χ3v) is 12.1. The summed E-state index contributed by atoms with van der Waals surface area (Å²) in [6.07, 6.45) is 5.92. The second kappa shape index (κ2) is 9.08. The minimum atomic E-state index is -0.362. The van der Waals surface area contributed by atoms with Crippen molar-refractivity contribution in [3.05, 3.63) is 170 Å². The molecule has 220 valence electrons. The summed E-state index contributed by atoms with van der Waals surface area (Å²) in [5, 5.41) is 0. The van der Waals surface area contributed by atoms with E-state index in [0.29, 0.717) is 5.92 Å². The van der Waals surface area contributed by atoms with Gasteiger partial charge in [0.25, 0.3) is 0 Å². The molecule has 1 heteroatoms. The van der Waals surface area contributed by atoms with Gasteiger partial charge in [-0.05, 0) is 120 Å². The summed E-state index contributed by atoms with van der Waals surface area (Å²) >= 11 is 3.74. The van der Waals surface area contributed by atoms with Crippen molar-refractivity contribution in [1.82, 2.24) is 0 Å². The molecule has 6 aromatic carbocycles. The molecular weight excluding hydrogens is 620 g/mol. The zero-order valence-electron chi connectivity index (χ0n) is 26.3. The molecule has 10 rings (SSSR count). The van der Waals surface area contributed by atoms with Crippen molar-refractivity contribution in [2.45, 2.75) is 43.9 Å². The Hall–Kier alpha value is -4.46. The highest BCUT2D eigenvalue weighted by molar-refractivity contribution is 9.10. The fourth-order valence-corrected chi connectivity index (χ4v) is 9.94. The zero-order valence-corrected chi connectivity index (χ0v) is 27.9. The maximum atomic E-state index is 3.74. The van der Waals surface area contributed by atoms with Crippen LogP contribution in [0.25, 0.3) is 50.6 Å². The van der Waals surface area contributed by atoms with E-state index in [2.05, 4.69) is 164 Å². The molecule has 1 atom stereocenters. The summed E-state index contributed by atoms with van der Waals surface area (Å²) in [4.78, 5) is 0. The molecule has 0 radical (unpaired) electrons. The summed E-state index contributed by atoms with van der Waals surface area (Å²) in [5.41, 5.74) is 21.7. The molecule has 0 aliphatic heterocycles. The van der Waals surface area contributed by atoms with Gasteiger partial charge in [-0.1, -0.05) is 146 Å². The van der Waals surface area contributed by atoms with Gasteiger partial charge in [0.05, 0.1) is 5.41 Å². The Labute approximate surface area is 279 Å². The molecule has 0 bridgehead atoms. The van der Waals surface area contributed by atoms with Crippen LogP contribution >= 0.6 is 15.9 Å². The Kier molecular flexibility index (Phi) is 5.28. The molecule has 4 aliphatic rings. The van der Waals surface area contributed by atoms with Crippen LogP contribution in [0.4, 0.5) is 0 Å². The smallest absolute Gasteiger partial charge is 0.0731 e. The third-order valence-electron chi connectivity index (χ3n) is 11.6. The molecule has 1 spiro atoms. The van der Waals surface area contributed by atoms with Gasteiger partial charge in [0.1, 0.15) is 0 Å². The van der Waals surface area contributed by atoms with Gasteiger partial charge in [-0.3, -0.25) is 0 Å². The summed E-state index contributed by atoms with van der Waals surface area (Å²) in [6.45, 7) is 7.13. The summed E-state index contributed by atoms with van der Waals surface area (Å²) < 4.78 is 1.14. The van der Waals surface area contributed by atoms with Crippen LogP contribution in [0, 0.1) is 0 Å². The van der Waals surface area contributed by atoms with E-state index >= 15 is 0 Å². The quantitative estimate of drug-likeness (QED) is 0.165. The van der Waals surface area contributed by atoms with E-state index in [1.807, 2.05) is 0 Å². The summed E-state index contributed by atoms with van der Waals surface area (Å²) in [6, 6.07) is 44.3. The van der Waals surface area contributed by atoms with Crippen molar-refractivity contribution in [3.63, 3.8) is 0 Å². The number of allylic oxidation sites excluding steroid dienone is 1. The van der Waals surface area contributed by atoms with E-state index in [1.54, 1.807) is 0 Å².